The van der Waals surface area contributed by atoms with E-state index >= 15 is 0 Å². The normalized spacial score (nSPS) is 17.1. The second-order valence-electron chi connectivity index (χ2n) is 6.43. The first-order valence-corrected chi connectivity index (χ1v) is 8.60. The van der Waals surface area contributed by atoms with E-state index in [1.807, 2.05) is 19.3 Å². The molecule has 0 unspecified atom stereocenters. The zero-order valence-electron chi connectivity index (χ0n) is 15.4. The molecule has 0 spiro atoms. The van der Waals surface area contributed by atoms with E-state index in [0.29, 0.717) is 43.9 Å². The van der Waals surface area contributed by atoms with Gasteiger partial charge in [-0.25, -0.2) is 4.39 Å². The van der Waals surface area contributed by atoms with Crippen molar-refractivity contribution in [1.29, 1.82) is 0 Å². The Morgan fingerprint density at radius 2 is 2.30 bits per heavy atom. The Labute approximate surface area is 156 Å². The topological polar surface area (TPSA) is 92.2 Å². The molecule has 7 nitrogen and oxygen atoms in total. The lowest BCUT2D eigenvalue weighted by Gasteiger charge is -2.18. The molecule has 27 heavy (non-hydrogen) atoms. The fraction of sp³-hybridized carbons (Fsp3) is 0.368. The highest BCUT2D eigenvalue weighted by Crippen LogP contribution is 2.41. The largest absolute Gasteiger partial charge is 0.496 e. The smallest absolute Gasteiger partial charge is 0.136 e. The van der Waals surface area contributed by atoms with Crippen LogP contribution in [0.25, 0.3) is 5.57 Å². The molecule has 3 N–H and O–H groups in total. The highest BCUT2D eigenvalue weighted by molar-refractivity contribution is 6.06. The van der Waals surface area contributed by atoms with E-state index in [4.69, 9.17) is 9.47 Å². The van der Waals surface area contributed by atoms with Gasteiger partial charge in [-0.1, -0.05) is 6.08 Å². The summed E-state index contributed by atoms with van der Waals surface area (Å²) in [4.78, 5) is 4.64. The molecule has 0 aliphatic carbocycles. The molecule has 3 heterocycles. The second-order valence-corrected chi connectivity index (χ2v) is 6.43. The molecular formula is C19H23FN4O3. The maximum Gasteiger partial charge on any atom is 0.136 e. The molecular weight excluding hydrogens is 351 g/mol. The van der Waals surface area contributed by atoms with Gasteiger partial charge in [0, 0.05) is 42.4 Å². The molecule has 0 atom stereocenters. The third-order valence-electron chi connectivity index (χ3n) is 4.67. The van der Waals surface area contributed by atoms with Crippen LogP contribution in [0.1, 0.15) is 23.1 Å². The fourth-order valence-electron chi connectivity index (χ4n) is 3.42. The lowest BCUT2D eigenvalue weighted by molar-refractivity contribution is 0.161. The van der Waals surface area contributed by atoms with Crippen LogP contribution in [-0.2, 0) is 24.8 Å². The van der Waals surface area contributed by atoms with Crippen LogP contribution in [0.2, 0.25) is 0 Å². The van der Waals surface area contributed by atoms with Crippen LogP contribution >= 0.6 is 0 Å². The molecule has 0 saturated heterocycles. The number of aromatic nitrogens is 2. The van der Waals surface area contributed by atoms with Crippen molar-refractivity contribution in [3.63, 3.8) is 0 Å². The van der Waals surface area contributed by atoms with Gasteiger partial charge in [0.2, 0.25) is 0 Å². The van der Waals surface area contributed by atoms with Gasteiger partial charge in [-0.15, -0.1) is 0 Å². The standard InChI is InChI=1S/C19H21FN4O2.H2O/c1-24-11-12(10-22-24)9-21-17-7-14-16(25-2)8-15(20)18(19(14)23-17)13-3-5-26-6-4-13;/h3,8,10-11H,4-7,9H2,1-2H3,(H,21,23);1H2. The monoisotopic (exact) mass is 374 g/mol. The lowest BCUT2D eigenvalue weighted by Crippen LogP contribution is -2.10. The van der Waals surface area contributed by atoms with Crippen molar-refractivity contribution in [2.24, 2.45) is 12.0 Å². The van der Waals surface area contributed by atoms with Gasteiger partial charge in [0.25, 0.3) is 0 Å². The Hall–Kier alpha value is -2.71. The Morgan fingerprint density at radius 1 is 1.44 bits per heavy atom. The highest BCUT2D eigenvalue weighted by atomic mass is 19.1. The number of amidine groups is 1. The van der Waals surface area contributed by atoms with Crippen LogP contribution in [0.15, 0.2) is 29.5 Å². The zero-order valence-corrected chi connectivity index (χ0v) is 15.4. The van der Waals surface area contributed by atoms with E-state index < -0.39 is 0 Å². The van der Waals surface area contributed by atoms with Crippen LogP contribution in [-0.4, -0.2) is 41.4 Å². The summed E-state index contributed by atoms with van der Waals surface area (Å²) in [6.45, 7) is 1.65. The van der Waals surface area contributed by atoms with E-state index in [9.17, 15) is 4.39 Å². The molecule has 0 radical (unpaired) electrons. The van der Waals surface area contributed by atoms with Crippen LogP contribution in [0.5, 0.6) is 5.75 Å². The summed E-state index contributed by atoms with van der Waals surface area (Å²) in [5.41, 5.74) is 4.31. The van der Waals surface area contributed by atoms with Gasteiger partial charge in [0.15, 0.2) is 0 Å². The Morgan fingerprint density at radius 3 is 2.96 bits per heavy atom. The van der Waals surface area contributed by atoms with E-state index in [0.717, 1.165) is 28.2 Å². The average molecular weight is 374 g/mol. The van der Waals surface area contributed by atoms with Crippen molar-refractivity contribution < 1.29 is 19.3 Å². The average Bonchev–Trinajstić information content (AvgIpc) is 3.26. The van der Waals surface area contributed by atoms with Crippen LogP contribution in [0.4, 0.5) is 10.1 Å². The second kappa shape index (κ2) is 7.89. The van der Waals surface area contributed by atoms with Crippen LogP contribution in [0, 0.1) is 5.82 Å². The molecule has 144 valence electrons. The summed E-state index contributed by atoms with van der Waals surface area (Å²) < 4.78 is 27.3. The Kier molecular flexibility index (Phi) is 5.57. The van der Waals surface area contributed by atoms with Gasteiger partial charge in [-0.05, 0) is 12.0 Å². The molecule has 2 aromatic rings. The predicted octanol–water partition coefficient (Wildman–Crippen LogP) is 2.11. The first kappa shape index (κ1) is 19.1. The van der Waals surface area contributed by atoms with Crippen LogP contribution < -0.4 is 10.1 Å². The van der Waals surface area contributed by atoms with Crippen molar-refractivity contribution >= 4 is 17.1 Å². The number of hydrogen-bond acceptors (Lipinski definition) is 4. The number of rotatable bonds is 4. The summed E-state index contributed by atoms with van der Waals surface area (Å²) in [5.74, 6) is 1.07. The van der Waals surface area contributed by atoms with Gasteiger partial charge in [-0.3, -0.25) is 9.67 Å². The van der Waals surface area contributed by atoms with Crippen molar-refractivity contribution in [3.05, 3.63) is 47.0 Å². The van der Waals surface area contributed by atoms with E-state index in [2.05, 4.69) is 15.4 Å². The number of methoxy groups -OCH3 is 1. The quantitative estimate of drug-likeness (QED) is 0.887. The zero-order chi connectivity index (χ0) is 18.1. The summed E-state index contributed by atoms with van der Waals surface area (Å²) in [6.07, 6.45) is 6.96. The minimum Gasteiger partial charge on any atom is -0.496 e. The molecule has 0 amide bonds. The number of nitrogens with zero attached hydrogens (tertiary/aromatic N) is 3. The molecule has 0 bridgehead atoms. The number of aliphatic imine (C=N–C) groups is 1. The SMILES string of the molecule is COc1cc(F)c(C2=CCOCC2)c2c1CC(=NCc1cnn(C)c1)N2.O. The predicted molar refractivity (Wildman–Crippen MR) is 102 cm³/mol. The van der Waals surface area contributed by atoms with Crippen LogP contribution in [0.3, 0.4) is 0 Å². The van der Waals surface area contributed by atoms with Gasteiger partial charge < -0.3 is 20.3 Å². The molecule has 0 fully saturated rings. The first-order chi connectivity index (χ1) is 12.7. The summed E-state index contributed by atoms with van der Waals surface area (Å²) in [5, 5.41) is 7.47. The number of fused-ring (bicyclic) bond motifs is 1. The van der Waals surface area contributed by atoms with Crippen molar-refractivity contribution in [2.45, 2.75) is 19.4 Å². The molecule has 2 aliphatic rings. The Balaban J connectivity index is 0.00000210. The number of nitrogens with one attached hydrogen (secondary N) is 1. The summed E-state index contributed by atoms with van der Waals surface area (Å²) >= 11 is 0. The minimum absolute atomic E-state index is 0. The summed E-state index contributed by atoms with van der Waals surface area (Å²) in [6, 6.07) is 1.47. The number of benzene rings is 1. The van der Waals surface area contributed by atoms with Gasteiger partial charge in [0.05, 0.1) is 38.8 Å². The van der Waals surface area contributed by atoms with E-state index in [1.165, 1.54) is 6.07 Å². The third-order valence-corrected chi connectivity index (χ3v) is 4.67. The van der Waals surface area contributed by atoms with E-state index in [-0.39, 0.29) is 11.3 Å². The minimum atomic E-state index is -0.283. The molecule has 2 aliphatic heterocycles. The Bertz CT molecular complexity index is 905. The van der Waals surface area contributed by atoms with Gasteiger partial charge in [0.1, 0.15) is 17.4 Å². The first-order valence-electron chi connectivity index (χ1n) is 8.60. The van der Waals surface area contributed by atoms with E-state index in [1.54, 1.807) is 18.0 Å². The number of hydrogen-bond donors (Lipinski definition) is 1. The molecule has 4 rings (SSSR count). The molecule has 8 heteroatoms. The van der Waals surface area contributed by atoms with Crippen molar-refractivity contribution in [2.75, 3.05) is 25.6 Å². The lowest BCUT2D eigenvalue weighted by atomic mass is 9.96. The van der Waals surface area contributed by atoms with Crippen molar-refractivity contribution in [1.82, 2.24) is 9.78 Å². The van der Waals surface area contributed by atoms with Gasteiger partial charge in [-0.2, -0.15) is 5.10 Å². The third kappa shape index (κ3) is 3.72. The molecule has 1 aromatic heterocycles. The maximum absolute atomic E-state index is 14.8. The number of aryl methyl sites for hydroxylation is 1. The highest BCUT2D eigenvalue weighted by Gasteiger charge is 2.28. The number of halogens is 1. The number of anilines is 1. The fourth-order valence-corrected chi connectivity index (χ4v) is 3.42. The molecule has 1 aromatic carbocycles. The van der Waals surface area contributed by atoms with Gasteiger partial charge >= 0.3 is 0 Å². The maximum atomic E-state index is 14.8. The van der Waals surface area contributed by atoms with Crippen molar-refractivity contribution in [3.8, 4) is 5.75 Å². The molecule has 0 saturated carbocycles. The summed E-state index contributed by atoms with van der Waals surface area (Å²) in [7, 11) is 3.44. The number of ether oxygens (including phenoxy) is 2.